The highest BCUT2D eigenvalue weighted by Crippen LogP contribution is 2.55. The van der Waals surface area contributed by atoms with Gasteiger partial charge in [-0.1, -0.05) is 6.07 Å². The van der Waals surface area contributed by atoms with Crippen LogP contribution < -0.4 is 0 Å². The molecule has 7 nitrogen and oxygen atoms in total. The molecule has 1 aromatic carbocycles. The molecule has 3 aliphatic heterocycles. The fraction of sp³-hybridized carbons (Fsp3) is 0.526. The van der Waals surface area contributed by atoms with Gasteiger partial charge in [0.1, 0.15) is 18.3 Å². The molecule has 2 aromatic rings. The van der Waals surface area contributed by atoms with Crippen molar-refractivity contribution in [2.45, 2.75) is 57.3 Å². The SMILES string of the molecule is Cc1ccc(-n2ccnc2)c2c1[C@@]1(OC2)O[C@H](CO)[C@H]2OC(C)(C)O[C@H]21. The van der Waals surface area contributed by atoms with Crippen LogP contribution in [0.5, 0.6) is 0 Å². The first-order chi connectivity index (χ1) is 12.5. The zero-order chi connectivity index (χ0) is 18.1. The first-order valence-electron chi connectivity index (χ1n) is 8.85. The van der Waals surface area contributed by atoms with Crippen LogP contribution in [0, 0.1) is 6.92 Å². The summed E-state index contributed by atoms with van der Waals surface area (Å²) in [5.41, 5.74) is 4.09. The van der Waals surface area contributed by atoms with E-state index >= 15 is 0 Å². The van der Waals surface area contributed by atoms with Crippen molar-refractivity contribution in [3.63, 3.8) is 0 Å². The molecule has 5 rings (SSSR count). The maximum atomic E-state index is 9.82. The van der Waals surface area contributed by atoms with Crippen molar-refractivity contribution < 1.29 is 24.1 Å². The lowest BCUT2D eigenvalue weighted by Crippen LogP contribution is -2.41. The van der Waals surface area contributed by atoms with Gasteiger partial charge in [0.2, 0.25) is 5.79 Å². The molecule has 1 N–H and O–H groups in total. The summed E-state index contributed by atoms with van der Waals surface area (Å²) >= 11 is 0. The summed E-state index contributed by atoms with van der Waals surface area (Å²) in [5.74, 6) is -1.82. The number of ether oxygens (including phenoxy) is 4. The third-order valence-corrected chi connectivity index (χ3v) is 5.43. The number of aryl methyl sites for hydroxylation is 1. The van der Waals surface area contributed by atoms with Gasteiger partial charge < -0.3 is 28.6 Å². The Balaban J connectivity index is 1.67. The molecule has 0 saturated carbocycles. The van der Waals surface area contributed by atoms with E-state index in [4.69, 9.17) is 18.9 Å². The number of aromatic nitrogens is 2. The number of imidazole rings is 1. The molecule has 3 aliphatic rings. The van der Waals surface area contributed by atoms with Crippen LogP contribution in [-0.4, -0.2) is 45.4 Å². The molecule has 4 heterocycles. The Morgan fingerprint density at radius 1 is 1.27 bits per heavy atom. The molecule has 0 radical (unpaired) electrons. The summed E-state index contributed by atoms with van der Waals surface area (Å²) in [7, 11) is 0. The zero-order valence-electron chi connectivity index (χ0n) is 15.0. The Kier molecular flexibility index (Phi) is 3.39. The van der Waals surface area contributed by atoms with Gasteiger partial charge in [-0.25, -0.2) is 4.98 Å². The predicted molar refractivity (Wildman–Crippen MR) is 90.6 cm³/mol. The van der Waals surface area contributed by atoms with E-state index in [0.717, 1.165) is 22.4 Å². The standard InChI is InChI=1S/C19H22N2O5/c1-11-4-5-13(21-7-6-20-10-21)12-9-23-19(15(11)12)17-16(14(8-22)24-19)25-18(2,3)26-17/h4-7,10,14,16-17,22H,8-9H2,1-3H3/t14-,16-,17-,19-/m1/s1. The second-order valence-corrected chi connectivity index (χ2v) is 7.54. The monoisotopic (exact) mass is 358 g/mol. The Morgan fingerprint density at radius 3 is 2.85 bits per heavy atom. The lowest BCUT2D eigenvalue weighted by Gasteiger charge is -2.32. The van der Waals surface area contributed by atoms with Crippen molar-refractivity contribution in [3.8, 4) is 5.69 Å². The third kappa shape index (κ3) is 2.09. The van der Waals surface area contributed by atoms with Gasteiger partial charge in [0.15, 0.2) is 5.79 Å². The van der Waals surface area contributed by atoms with Crippen LogP contribution >= 0.6 is 0 Å². The van der Waals surface area contributed by atoms with E-state index in [1.54, 1.807) is 12.5 Å². The van der Waals surface area contributed by atoms with Gasteiger partial charge in [-0.2, -0.15) is 0 Å². The number of nitrogens with zero attached hydrogens (tertiary/aromatic N) is 2. The van der Waals surface area contributed by atoms with E-state index < -0.39 is 23.8 Å². The van der Waals surface area contributed by atoms with Crippen molar-refractivity contribution in [2.24, 2.45) is 0 Å². The molecule has 0 amide bonds. The normalized spacial score (nSPS) is 34.4. The van der Waals surface area contributed by atoms with E-state index in [9.17, 15) is 5.11 Å². The number of benzene rings is 1. The first kappa shape index (κ1) is 16.4. The molecule has 0 aliphatic carbocycles. The van der Waals surface area contributed by atoms with Gasteiger partial charge in [0.25, 0.3) is 0 Å². The smallest absolute Gasteiger partial charge is 0.226 e. The average Bonchev–Trinajstić information content (AvgIpc) is 3.34. The minimum Gasteiger partial charge on any atom is -0.394 e. The number of aliphatic hydroxyl groups excluding tert-OH is 1. The quantitative estimate of drug-likeness (QED) is 0.882. The maximum absolute atomic E-state index is 9.82. The molecule has 7 heteroatoms. The average molecular weight is 358 g/mol. The van der Waals surface area contributed by atoms with Crippen LogP contribution in [0.1, 0.15) is 30.5 Å². The number of aliphatic hydroxyl groups is 1. The Hall–Kier alpha value is -1.77. The van der Waals surface area contributed by atoms with Crippen molar-refractivity contribution in [1.82, 2.24) is 9.55 Å². The Bertz CT molecular complexity index is 850. The minimum atomic E-state index is -1.07. The second kappa shape index (κ2) is 5.37. The van der Waals surface area contributed by atoms with Crippen molar-refractivity contribution >= 4 is 0 Å². The molecular formula is C19H22N2O5. The summed E-state index contributed by atoms with van der Waals surface area (Å²) < 4.78 is 26.7. The Labute approximate surface area is 151 Å². The van der Waals surface area contributed by atoms with Crippen LogP contribution in [-0.2, 0) is 31.3 Å². The summed E-state index contributed by atoms with van der Waals surface area (Å²) in [5, 5.41) is 9.82. The molecule has 1 aromatic heterocycles. The summed E-state index contributed by atoms with van der Waals surface area (Å²) in [4.78, 5) is 4.15. The van der Waals surface area contributed by atoms with E-state index in [0.29, 0.717) is 6.61 Å². The van der Waals surface area contributed by atoms with Gasteiger partial charge >= 0.3 is 0 Å². The van der Waals surface area contributed by atoms with Gasteiger partial charge in [0.05, 0.1) is 25.2 Å². The highest BCUT2D eigenvalue weighted by molar-refractivity contribution is 5.54. The van der Waals surface area contributed by atoms with Gasteiger partial charge in [0, 0.05) is 23.5 Å². The molecule has 2 fully saturated rings. The minimum absolute atomic E-state index is 0.151. The fourth-order valence-corrected chi connectivity index (χ4v) is 4.45. The van der Waals surface area contributed by atoms with Crippen LogP contribution in [0.4, 0.5) is 0 Å². The van der Waals surface area contributed by atoms with Gasteiger partial charge in [-0.05, 0) is 32.4 Å². The Morgan fingerprint density at radius 2 is 2.12 bits per heavy atom. The molecule has 1 spiro atoms. The van der Waals surface area contributed by atoms with E-state index in [1.165, 1.54) is 0 Å². The van der Waals surface area contributed by atoms with Crippen molar-refractivity contribution in [1.29, 1.82) is 0 Å². The van der Waals surface area contributed by atoms with Crippen LogP contribution in [0.2, 0.25) is 0 Å². The highest BCUT2D eigenvalue weighted by Gasteiger charge is 2.67. The van der Waals surface area contributed by atoms with Gasteiger partial charge in [-0.3, -0.25) is 0 Å². The fourth-order valence-electron chi connectivity index (χ4n) is 4.45. The van der Waals surface area contributed by atoms with E-state index in [-0.39, 0.29) is 12.7 Å². The molecule has 2 saturated heterocycles. The summed E-state index contributed by atoms with van der Waals surface area (Å²) in [6.45, 7) is 6.03. The highest BCUT2D eigenvalue weighted by atomic mass is 16.8. The van der Waals surface area contributed by atoms with Crippen LogP contribution in [0.25, 0.3) is 5.69 Å². The van der Waals surface area contributed by atoms with Gasteiger partial charge in [-0.15, -0.1) is 0 Å². The van der Waals surface area contributed by atoms with E-state index in [1.807, 2.05) is 31.5 Å². The number of rotatable bonds is 2. The molecule has 26 heavy (non-hydrogen) atoms. The number of fused-ring (bicyclic) bond motifs is 4. The maximum Gasteiger partial charge on any atom is 0.226 e. The topological polar surface area (TPSA) is 75.0 Å². The third-order valence-electron chi connectivity index (χ3n) is 5.43. The lowest BCUT2D eigenvalue weighted by atomic mass is 9.91. The molecule has 0 unspecified atom stereocenters. The number of hydrogen-bond acceptors (Lipinski definition) is 6. The molecule has 0 bridgehead atoms. The van der Waals surface area contributed by atoms with Crippen LogP contribution in [0.3, 0.4) is 0 Å². The predicted octanol–water partition coefficient (Wildman–Crippen LogP) is 1.77. The molecule has 4 atom stereocenters. The van der Waals surface area contributed by atoms with Crippen molar-refractivity contribution in [2.75, 3.05) is 6.61 Å². The zero-order valence-corrected chi connectivity index (χ0v) is 15.0. The van der Waals surface area contributed by atoms with E-state index in [2.05, 4.69) is 17.1 Å². The molecule has 138 valence electrons. The van der Waals surface area contributed by atoms with Crippen LogP contribution in [0.15, 0.2) is 30.9 Å². The number of hydrogen-bond donors (Lipinski definition) is 1. The molecular weight excluding hydrogens is 336 g/mol. The summed E-state index contributed by atoms with van der Waals surface area (Å²) in [6, 6.07) is 4.11. The largest absolute Gasteiger partial charge is 0.394 e. The first-order valence-corrected chi connectivity index (χ1v) is 8.85. The lowest BCUT2D eigenvalue weighted by molar-refractivity contribution is -0.297. The second-order valence-electron chi connectivity index (χ2n) is 7.54. The van der Waals surface area contributed by atoms with Crippen molar-refractivity contribution in [3.05, 3.63) is 47.5 Å². The summed E-state index contributed by atoms with van der Waals surface area (Å²) in [6.07, 6.45) is 4.11.